The lowest BCUT2D eigenvalue weighted by Gasteiger charge is -2.17. The van der Waals surface area contributed by atoms with Crippen LogP contribution in [0, 0.1) is 11.8 Å². The number of fused-ring (bicyclic) bond motifs is 2. The number of nitrogens with zero attached hydrogens (tertiary/aromatic N) is 2. The standard InChI is InChI=1S/C14H20N2O2/c1-3-11(8(2)17)14-15-13(16-18-14)12-7-9-4-5-10(12)6-9/h9-12H,3-7H2,1-2H3. The van der Waals surface area contributed by atoms with Crippen LogP contribution in [0.1, 0.15) is 69.5 Å². The highest BCUT2D eigenvalue weighted by Crippen LogP contribution is 2.52. The molecule has 98 valence electrons. The number of aromatic nitrogens is 2. The topological polar surface area (TPSA) is 56.0 Å². The normalized spacial score (nSPS) is 31.8. The molecule has 4 nitrogen and oxygen atoms in total. The molecule has 1 aromatic heterocycles. The first-order chi connectivity index (χ1) is 8.69. The molecular formula is C14H20N2O2. The fraction of sp³-hybridized carbons (Fsp3) is 0.786. The van der Waals surface area contributed by atoms with Gasteiger partial charge in [-0.2, -0.15) is 4.98 Å². The van der Waals surface area contributed by atoms with Gasteiger partial charge in [0.1, 0.15) is 5.78 Å². The highest BCUT2D eigenvalue weighted by molar-refractivity contribution is 5.82. The van der Waals surface area contributed by atoms with E-state index in [1.165, 1.54) is 25.7 Å². The van der Waals surface area contributed by atoms with Crippen molar-refractivity contribution in [1.29, 1.82) is 0 Å². The summed E-state index contributed by atoms with van der Waals surface area (Å²) in [7, 11) is 0. The van der Waals surface area contributed by atoms with Gasteiger partial charge in [0, 0.05) is 5.92 Å². The molecule has 0 saturated heterocycles. The molecule has 2 bridgehead atoms. The molecule has 4 unspecified atom stereocenters. The van der Waals surface area contributed by atoms with Crippen LogP contribution in [0.2, 0.25) is 0 Å². The van der Waals surface area contributed by atoms with Gasteiger partial charge in [0.15, 0.2) is 5.82 Å². The van der Waals surface area contributed by atoms with Gasteiger partial charge in [-0.25, -0.2) is 0 Å². The van der Waals surface area contributed by atoms with E-state index < -0.39 is 0 Å². The van der Waals surface area contributed by atoms with Crippen molar-refractivity contribution in [2.45, 2.75) is 57.8 Å². The van der Waals surface area contributed by atoms with Crippen LogP contribution in [0.4, 0.5) is 0 Å². The van der Waals surface area contributed by atoms with Crippen LogP contribution in [0.15, 0.2) is 4.52 Å². The van der Waals surface area contributed by atoms with Crippen LogP contribution >= 0.6 is 0 Å². The molecule has 1 aromatic rings. The maximum atomic E-state index is 11.5. The summed E-state index contributed by atoms with van der Waals surface area (Å²) in [5.41, 5.74) is 0. The van der Waals surface area contributed by atoms with Crippen LogP contribution in [-0.2, 0) is 4.79 Å². The maximum Gasteiger partial charge on any atom is 0.237 e. The van der Waals surface area contributed by atoms with Crippen molar-refractivity contribution in [3.05, 3.63) is 11.7 Å². The van der Waals surface area contributed by atoms with Gasteiger partial charge in [-0.1, -0.05) is 18.5 Å². The molecule has 18 heavy (non-hydrogen) atoms. The average Bonchev–Trinajstić information content (AvgIpc) is 3.04. The molecule has 0 aromatic carbocycles. The van der Waals surface area contributed by atoms with Crippen molar-refractivity contribution in [3.63, 3.8) is 0 Å². The van der Waals surface area contributed by atoms with Crippen LogP contribution in [0.3, 0.4) is 0 Å². The zero-order chi connectivity index (χ0) is 12.7. The molecule has 4 heteroatoms. The van der Waals surface area contributed by atoms with Crippen molar-refractivity contribution in [1.82, 2.24) is 10.1 Å². The summed E-state index contributed by atoms with van der Waals surface area (Å²) in [4.78, 5) is 16.0. The van der Waals surface area contributed by atoms with Crippen LogP contribution in [0.5, 0.6) is 0 Å². The average molecular weight is 248 g/mol. The number of hydrogen-bond donors (Lipinski definition) is 0. The Balaban J connectivity index is 1.79. The van der Waals surface area contributed by atoms with E-state index in [2.05, 4.69) is 10.1 Å². The van der Waals surface area contributed by atoms with Crippen molar-refractivity contribution in [2.75, 3.05) is 0 Å². The molecule has 4 atom stereocenters. The maximum absolute atomic E-state index is 11.5. The second-order valence-electron chi connectivity index (χ2n) is 5.84. The molecule has 2 fully saturated rings. The van der Waals surface area contributed by atoms with Gasteiger partial charge in [0.2, 0.25) is 5.89 Å². The van der Waals surface area contributed by atoms with Crippen LogP contribution in [0.25, 0.3) is 0 Å². The van der Waals surface area contributed by atoms with E-state index in [4.69, 9.17) is 4.52 Å². The van der Waals surface area contributed by atoms with E-state index in [9.17, 15) is 4.79 Å². The quantitative estimate of drug-likeness (QED) is 0.821. The molecule has 0 N–H and O–H groups in total. The third-order valence-corrected chi connectivity index (χ3v) is 4.72. The lowest BCUT2D eigenvalue weighted by atomic mass is 9.88. The minimum Gasteiger partial charge on any atom is -0.339 e. The first-order valence-corrected chi connectivity index (χ1v) is 7.03. The molecule has 2 aliphatic carbocycles. The van der Waals surface area contributed by atoms with Crippen molar-refractivity contribution < 1.29 is 9.32 Å². The third kappa shape index (κ3) is 1.88. The van der Waals surface area contributed by atoms with Gasteiger partial charge in [-0.15, -0.1) is 0 Å². The minimum atomic E-state index is -0.218. The Morgan fingerprint density at radius 2 is 2.28 bits per heavy atom. The summed E-state index contributed by atoms with van der Waals surface area (Å²) in [6.07, 6.45) is 5.95. The highest BCUT2D eigenvalue weighted by Gasteiger charge is 2.42. The first kappa shape index (κ1) is 11.9. The highest BCUT2D eigenvalue weighted by atomic mass is 16.5. The van der Waals surface area contributed by atoms with Crippen molar-refractivity contribution in [3.8, 4) is 0 Å². The molecular weight excluding hydrogens is 228 g/mol. The van der Waals surface area contributed by atoms with Crippen molar-refractivity contribution >= 4 is 5.78 Å². The van der Waals surface area contributed by atoms with E-state index in [-0.39, 0.29) is 11.7 Å². The molecule has 2 aliphatic rings. The van der Waals surface area contributed by atoms with E-state index in [1.807, 2.05) is 6.92 Å². The molecule has 1 heterocycles. The van der Waals surface area contributed by atoms with Gasteiger partial charge in [0.25, 0.3) is 0 Å². The lowest BCUT2D eigenvalue weighted by Crippen LogP contribution is -2.11. The van der Waals surface area contributed by atoms with E-state index in [1.54, 1.807) is 6.92 Å². The molecule has 0 radical (unpaired) electrons. The smallest absolute Gasteiger partial charge is 0.237 e. The SMILES string of the molecule is CCC(C(C)=O)c1nc(C2CC3CCC2C3)no1. The number of hydrogen-bond acceptors (Lipinski definition) is 4. The largest absolute Gasteiger partial charge is 0.339 e. The Hall–Kier alpha value is -1.19. The number of rotatable bonds is 4. The number of carbonyl (C=O) groups excluding carboxylic acids is 1. The summed E-state index contributed by atoms with van der Waals surface area (Å²) in [6.45, 7) is 3.57. The monoisotopic (exact) mass is 248 g/mol. The molecule has 0 spiro atoms. The molecule has 0 aliphatic heterocycles. The van der Waals surface area contributed by atoms with Gasteiger partial charge in [-0.3, -0.25) is 4.79 Å². The fourth-order valence-corrected chi connectivity index (χ4v) is 3.74. The summed E-state index contributed by atoms with van der Waals surface area (Å²) in [5, 5.41) is 4.13. The minimum absolute atomic E-state index is 0.112. The third-order valence-electron chi connectivity index (χ3n) is 4.72. The van der Waals surface area contributed by atoms with Crippen molar-refractivity contribution in [2.24, 2.45) is 11.8 Å². The Labute approximate surface area is 107 Å². The Kier molecular flexibility index (Phi) is 2.96. The van der Waals surface area contributed by atoms with Gasteiger partial charge in [-0.05, 0) is 44.4 Å². The summed E-state index contributed by atoms with van der Waals surface area (Å²) < 4.78 is 5.32. The Morgan fingerprint density at radius 3 is 2.83 bits per heavy atom. The number of ketones is 1. The number of Topliss-reactive ketones (excluding diaryl/α,β-unsaturated/α-hetero) is 1. The summed E-state index contributed by atoms with van der Waals surface area (Å²) in [5.74, 6) is 3.35. The van der Waals surface area contributed by atoms with Crippen LogP contribution < -0.4 is 0 Å². The lowest BCUT2D eigenvalue weighted by molar-refractivity contribution is -0.119. The van der Waals surface area contributed by atoms with E-state index in [0.29, 0.717) is 11.8 Å². The molecule has 0 amide bonds. The fourth-order valence-electron chi connectivity index (χ4n) is 3.74. The second kappa shape index (κ2) is 4.48. The summed E-state index contributed by atoms with van der Waals surface area (Å²) in [6, 6.07) is 0. The van der Waals surface area contributed by atoms with Gasteiger partial charge >= 0.3 is 0 Å². The zero-order valence-electron chi connectivity index (χ0n) is 11.1. The van der Waals surface area contributed by atoms with Crippen LogP contribution in [-0.4, -0.2) is 15.9 Å². The summed E-state index contributed by atoms with van der Waals surface area (Å²) >= 11 is 0. The Bertz CT molecular complexity index is 454. The molecule has 2 saturated carbocycles. The second-order valence-corrected chi connectivity index (χ2v) is 5.84. The molecule has 3 rings (SSSR count). The predicted octanol–water partition coefficient (Wildman–Crippen LogP) is 3.06. The predicted molar refractivity (Wildman–Crippen MR) is 66.2 cm³/mol. The Morgan fingerprint density at radius 1 is 1.44 bits per heavy atom. The van der Waals surface area contributed by atoms with Gasteiger partial charge in [0.05, 0.1) is 5.92 Å². The van der Waals surface area contributed by atoms with E-state index in [0.717, 1.165) is 24.1 Å². The zero-order valence-corrected chi connectivity index (χ0v) is 11.1. The van der Waals surface area contributed by atoms with Gasteiger partial charge < -0.3 is 4.52 Å². The number of carbonyl (C=O) groups is 1. The van der Waals surface area contributed by atoms with E-state index >= 15 is 0 Å². The first-order valence-electron chi connectivity index (χ1n) is 7.03.